The smallest absolute Gasteiger partial charge is 0.326 e. The number of sulfonamides is 1. The van der Waals surface area contributed by atoms with E-state index >= 15 is 0 Å². The molecule has 0 bridgehead atoms. The minimum absolute atomic E-state index is 0.130. The van der Waals surface area contributed by atoms with E-state index in [4.69, 9.17) is 0 Å². The van der Waals surface area contributed by atoms with Crippen LogP contribution in [0.2, 0.25) is 0 Å². The molecule has 0 heterocycles. The van der Waals surface area contributed by atoms with Crippen LogP contribution in [0.25, 0.3) is 0 Å². The number of aryl methyl sites for hydroxylation is 3. The Morgan fingerprint density at radius 1 is 1.04 bits per heavy atom. The van der Waals surface area contributed by atoms with Gasteiger partial charge in [0.2, 0.25) is 10.0 Å². The van der Waals surface area contributed by atoms with Crippen molar-refractivity contribution < 1.29 is 18.3 Å². The Hall–Kier alpha value is -2.18. The molecule has 0 amide bonds. The Balaban J connectivity index is 2.46. The Bertz CT molecular complexity index is 806. The molecule has 0 aliphatic heterocycles. The van der Waals surface area contributed by atoms with Crippen molar-refractivity contribution in [3.63, 3.8) is 0 Å². The number of carboxylic acids is 1. The normalized spacial score (nSPS) is 12.8. The van der Waals surface area contributed by atoms with Gasteiger partial charge >= 0.3 is 5.97 Å². The van der Waals surface area contributed by atoms with Gasteiger partial charge in [0.25, 0.3) is 0 Å². The maximum Gasteiger partial charge on any atom is 0.326 e. The quantitative estimate of drug-likeness (QED) is 0.881. The minimum atomic E-state index is -3.96. The topological polar surface area (TPSA) is 83.5 Å². The molecule has 2 rings (SSSR count). The number of benzene rings is 2. The highest BCUT2D eigenvalue weighted by Gasteiger charge is 2.28. The first-order chi connectivity index (χ1) is 10.7. The van der Waals surface area contributed by atoms with Crippen LogP contribution < -0.4 is 4.72 Å². The molecule has 23 heavy (non-hydrogen) atoms. The average Bonchev–Trinajstić information content (AvgIpc) is 2.44. The van der Waals surface area contributed by atoms with Crippen LogP contribution in [-0.2, 0) is 14.8 Å². The lowest BCUT2D eigenvalue weighted by Gasteiger charge is -2.18. The van der Waals surface area contributed by atoms with Crippen LogP contribution in [0, 0.1) is 20.8 Å². The summed E-state index contributed by atoms with van der Waals surface area (Å²) < 4.78 is 27.7. The zero-order valence-electron chi connectivity index (χ0n) is 13.2. The van der Waals surface area contributed by atoms with E-state index in [2.05, 4.69) is 4.72 Å². The molecular formula is C17H19NO4S. The van der Waals surface area contributed by atoms with Gasteiger partial charge in [-0.25, -0.2) is 8.42 Å². The molecule has 2 aromatic carbocycles. The minimum Gasteiger partial charge on any atom is -0.480 e. The third kappa shape index (κ3) is 3.78. The molecule has 0 unspecified atom stereocenters. The highest BCUT2D eigenvalue weighted by Crippen LogP contribution is 2.24. The molecule has 0 radical (unpaired) electrons. The maximum atomic E-state index is 12.7. The van der Waals surface area contributed by atoms with E-state index in [-0.39, 0.29) is 4.90 Å². The van der Waals surface area contributed by atoms with Crippen LogP contribution in [0.3, 0.4) is 0 Å². The van der Waals surface area contributed by atoms with Gasteiger partial charge in [-0.3, -0.25) is 4.79 Å². The zero-order valence-corrected chi connectivity index (χ0v) is 14.0. The van der Waals surface area contributed by atoms with E-state index in [9.17, 15) is 18.3 Å². The monoisotopic (exact) mass is 333 g/mol. The molecule has 2 N–H and O–H groups in total. The van der Waals surface area contributed by atoms with E-state index in [1.807, 2.05) is 6.92 Å². The number of aliphatic carboxylic acids is 1. The second-order valence-electron chi connectivity index (χ2n) is 5.53. The molecular weight excluding hydrogens is 314 g/mol. The lowest BCUT2D eigenvalue weighted by atomic mass is 10.1. The summed E-state index contributed by atoms with van der Waals surface area (Å²) in [6.07, 6.45) is 0. The highest BCUT2D eigenvalue weighted by atomic mass is 32.2. The van der Waals surface area contributed by atoms with Gasteiger partial charge in [0.15, 0.2) is 0 Å². The van der Waals surface area contributed by atoms with Gasteiger partial charge in [0.05, 0.1) is 4.90 Å². The molecule has 0 aliphatic rings. The SMILES string of the molecule is Cc1cc(C)c(S(=O)(=O)N[C@H](C(=O)O)c2ccccc2)c(C)c1. The second-order valence-corrected chi connectivity index (χ2v) is 7.18. The van der Waals surface area contributed by atoms with E-state index in [0.717, 1.165) is 5.56 Å². The number of nitrogens with one attached hydrogen (secondary N) is 1. The molecule has 122 valence electrons. The fraction of sp³-hybridized carbons (Fsp3) is 0.235. The standard InChI is InChI=1S/C17H19NO4S/c1-11-9-12(2)16(13(3)10-11)23(21,22)18-15(17(19)20)14-7-5-4-6-8-14/h4-10,15,18H,1-3H3,(H,19,20)/t15-/m0/s1. The summed E-state index contributed by atoms with van der Waals surface area (Å²) in [5.41, 5.74) is 2.52. The Labute approximate surface area is 136 Å². The molecule has 0 saturated heterocycles. The summed E-state index contributed by atoms with van der Waals surface area (Å²) in [5.74, 6) is -1.25. The Kier molecular flexibility index (Phi) is 4.87. The highest BCUT2D eigenvalue weighted by molar-refractivity contribution is 7.89. The predicted octanol–water partition coefficient (Wildman–Crippen LogP) is 2.72. The molecule has 1 atom stereocenters. The summed E-state index contributed by atoms with van der Waals surface area (Å²) >= 11 is 0. The molecule has 6 heteroatoms. The summed E-state index contributed by atoms with van der Waals surface area (Å²) in [6.45, 7) is 5.29. The van der Waals surface area contributed by atoms with Gasteiger partial charge in [-0.05, 0) is 37.5 Å². The first-order valence-electron chi connectivity index (χ1n) is 7.10. The van der Waals surface area contributed by atoms with Crippen LogP contribution in [0.5, 0.6) is 0 Å². The third-order valence-electron chi connectivity index (χ3n) is 3.53. The van der Waals surface area contributed by atoms with Crippen molar-refractivity contribution in [2.75, 3.05) is 0 Å². The van der Waals surface area contributed by atoms with Crippen molar-refractivity contribution in [2.45, 2.75) is 31.7 Å². The number of rotatable bonds is 5. The summed E-state index contributed by atoms with van der Waals surface area (Å²) in [4.78, 5) is 11.6. The number of carboxylic acid groups (broad SMARTS) is 1. The van der Waals surface area contributed by atoms with Gasteiger partial charge in [-0.2, -0.15) is 4.72 Å². The van der Waals surface area contributed by atoms with Crippen LogP contribution in [0.1, 0.15) is 28.3 Å². The Morgan fingerprint density at radius 3 is 2.04 bits per heavy atom. The fourth-order valence-electron chi connectivity index (χ4n) is 2.71. The van der Waals surface area contributed by atoms with Gasteiger partial charge < -0.3 is 5.11 Å². The molecule has 2 aromatic rings. The first-order valence-corrected chi connectivity index (χ1v) is 8.58. The Morgan fingerprint density at radius 2 is 1.57 bits per heavy atom. The lowest BCUT2D eigenvalue weighted by molar-refractivity contribution is -0.139. The van der Waals surface area contributed by atoms with Gasteiger partial charge in [0, 0.05) is 0 Å². The van der Waals surface area contributed by atoms with Crippen molar-refractivity contribution in [1.82, 2.24) is 4.72 Å². The van der Waals surface area contributed by atoms with Gasteiger partial charge in [-0.1, -0.05) is 48.0 Å². The van der Waals surface area contributed by atoms with Crippen LogP contribution in [-0.4, -0.2) is 19.5 Å². The zero-order chi connectivity index (χ0) is 17.2. The average molecular weight is 333 g/mol. The summed E-state index contributed by atoms with van der Waals surface area (Å²) in [6, 6.07) is 10.4. The van der Waals surface area contributed by atoms with E-state index in [1.54, 1.807) is 56.3 Å². The third-order valence-corrected chi connectivity index (χ3v) is 5.25. The van der Waals surface area contributed by atoms with Gasteiger partial charge in [-0.15, -0.1) is 0 Å². The fourth-order valence-corrected chi connectivity index (χ4v) is 4.34. The van der Waals surface area contributed by atoms with Crippen LogP contribution in [0.4, 0.5) is 0 Å². The van der Waals surface area contributed by atoms with Crippen molar-refractivity contribution >= 4 is 16.0 Å². The number of hydrogen-bond donors (Lipinski definition) is 2. The van der Waals surface area contributed by atoms with Crippen LogP contribution in [0.15, 0.2) is 47.4 Å². The number of hydrogen-bond acceptors (Lipinski definition) is 3. The maximum absolute atomic E-state index is 12.7. The number of carbonyl (C=O) groups is 1. The summed E-state index contributed by atoms with van der Waals surface area (Å²) in [5, 5.41) is 9.39. The second kappa shape index (κ2) is 6.52. The van der Waals surface area contributed by atoms with Gasteiger partial charge in [0.1, 0.15) is 6.04 Å². The first kappa shape index (κ1) is 17.2. The van der Waals surface area contributed by atoms with Crippen molar-refractivity contribution in [1.29, 1.82) is 0 Å². The van der Waals surface area contributed by atoms with E-state index in [1.165, 1.54) is 0 Å². The molecule has 5 nitrogen and oxygen atoms in total. The summed E-state index contributed by atoms with van der Waals surface area (Å²) in [7, 11) is -3.96. The largest absolute Gasteiger partial charge is 0.480 e. The van der Waals surface area contributed by atoms with Crippen molar-refractivity contribution in [3.8, 4) is 0 Å². The molecule has 0 aromatic heterocycles. The molecule has 0 aliphatic carbocycles. The lowest BCUT2D eigenvalue weighted by Crippen LogP contribution is -2.34. The van der Waals surface area contributed by atoms with Crippen molar-refractivity contribution in [2.24, 2.45) is 0 Å². The van der Waals surface area contributed by atoms with E-state index in [0.29, 0.717) is 16.7 Å². The van der Waals surface area contributed by atoms with Crippen LogP contribution >= 0.6 is 0 Å². The predicted molar refractivity (Wildman–Crippen MR) is 87.8 cm³/mol. The van der Waals surface area contributed by atoms with Crippen molar-refractivity contribution in [3.05, 3.63) is 64.7 Å². The van der Waals surface area contributed by atoms with E-state index < -0.39 is 22.0 Å². The molecule has 0 spiro atoms. The molecule has 0 saturated carbocycles. The molecule has 0 fully saturated rings.